The molecule has 1 aliphatic rings. The number of hydrogen-bond acceptors (Lipinski definition) is 0. The van der Waals surface area contributed by atoms with E-state index in [9.17, 15) is 0 Å². The fourth-order valence-electron chi connectivity index (χ4n) is 3.05. The summed E-state index contributed by atoms with van der Waals surface area (Å²) in [4.78, 5) is 0. The lowest BCUT2D eigenvalue weighted by atomic mass is 9.52. The van der Waals surface area contributed by atoms with E-state index in [1.165, 1.54) is 38.5 Å². The molecule has 1 heteroatoms. The van der Waals surface area contributed by atoms with Crippen LogP contribution in [0.25, 0.3) is 0 Å². The zero-order valence-corrected chi connectivity index (χ0v) is 11.1. The molecular weight excluding hydrogens is 179 g/mol. The van der Waals surface area contributed by atoms with Gasteiger partial charge in [0.2, 0.25) is 0 Å². The van der Waals surface area contributed by atoms with E-state index in [4.69, 9.17) is 7.85 Å². The molecule has 86 valence electrons. The van der Waals surface area contributed by atoms with Crippen LogP contribution in [0.15, 0.2) is 0 Å². The van der Waals surface area contributed by atoms with Gasteiger partial charge >= 0.3 is 0 Å². The van der Waals surface area contributed by atoms with Gasteiger partial charge in [0.05, 0.1) is 7.85 Å². The highest BCUT2D eigenvalue weighted by Crippen LogP contribution is 2.48. The zero-order valence-electron chi connectivity index (χ0n) is 11.1. The Bertz CT molecular complexity index is 188. The zero-order chi connectivity index (χ0) is 11.5. The third-order valence-electron chi connectivity index (χ3n) is 4.63. The highest BCUT2D eigenvalue weighted by molar-refractivity contribution is 6.15. The van der Waals surface area contributed by atoms with Gasteiger partial charge in [0, 0.05) is 0 Å². The lowest BCUT2D eigenvalue weighted by Gasteiger charge is -2.40. The first-order valence-corrected chi connectivity index (χ1v) is 6.75. The monoisotopic (exact) mass is 206 g/mol. The highest BCUT2D eigenvalue weighted by atomic mass is 14.3. The summed E-state index contributed by atoms with van der Waals surface area (Å²) in [7, 11) is 6.63. The van der Waals surface area contributed by atoms with Crippen molar-refractivity contribution < 1.29 is 0 Å². The van der Waals surface area contributed by atoms with Gasteiger partial charge in [-0.25, -0.2) is 0 Å². The molecule has 0 heterocycles. The van der Waals surface area contributed by atoms with Crippen LogP contribution in [0.2, 0.25) is 5.31 Å². The standard InChI is InChI=1S/C14H27B/c1-11(2)14(15)10-6-8-12(3)7-5-9-13(14)4/h11-13H,5-10H2,1-4H3. The van der Waals surface area contributed by atoms with Crippen molar-refractivity contribution >= 4 is 7.85 Å². The summed E-state index contributed by atoms with van der Waals surface area (Å²) in [5, 5.41) is 0.0874. The van der Waals surface area contributed by atoms with E-state index in [0.717, 1.165) is 5.92 Å². The second-order valence-electron chi connectivity index (χ2n) is 6.10. The van der Waals surface area contributed by atoms with E-state index in [0.29, 0.717) is 11.8 Å². The molecule has 1 rings (SSSR count). The molecule has 0 bridgehead atoms. The van der Waals surface area contributed by atoms with E-state index >= 15 is 0 Å². The summed E-state index contributed by atoms with van der Waals surface area (Å²) in [6, 6.07) is 0. The minimum absolute atomic E-state index is 0.0874. The maximum Gasteiger partial charge on any atom is 0.0753 e. The highest BCUT2D eigenvalue weighted by Gasteiger charge is 2.33. The average molecular weight is 206 g/mol. The third-order valence-corrected chi connectivity index (χ3v) is 4.63. The van der Waals surface area contributed by atoms with Gasteiger partial charge in [0.1, 0.15) is 0 Å². The Hall–Kier alpha value is 0.0649. The molecule has 0 saturated heterocycles. The summed E-state index contributed by atoms with van der Waals surface area (Å²) in [6.07, 6.45) is 8.00. The molecule has 0 aliphatic heterocycles. The maximum absolute atomic E-state index is 6.63. The topological polar surface area (TPSA) is 0 Å². The van der Waals surface area contributed by atoms with Crippen molar-refractivity contribution in [3.05, 3.63) is 0 Å². The summed E-state index contributed by atoms with van der Waals surface area (Å²) < 4.78 is 0. The van der Waals surface area contributed by atoms with E-state index < -0.39 is 0 Å². The lowest BCUT2D eigenvalue weighted by molar-refractivity contribution is 0.260. The van der Waals surface area contributed by atoms with Gasteiger partial charge in [-0.3, -0.25) is 0 Å². The van der Waals surface area contributed by atoms with Crippen LogP contribution in [-0.4, -0.2) is 7.85 Å². The second kappa shape index (κ2) is 5.41. The molecule has 1 fully saturated rings. The first-order valence-electron chi connectivity index (χ1n) is 6.75. The molecular formula is C14H27B. The molecule has 1 aliphatic carbocycles. The van der Waals surface area contributed by atoms with Gasteiger partial charge < -0.3 is 0 Å². The Morgan fingerprint density at radius 3 is 2.27 bits per heavy atom. The van der Waals surface area contributed by atoms with Crippen molar-refractivity contribution in [2.75, 3.05) is 0 Å². The molecule has 0 aromatic rings. The summed E-state index contributed by atoms with van der Waals surface area (Å²) >= 11 is 0. The van der Waals surface area contributed by atoms with Crippen LogP contribution in [0.1, 0.15) is 66.2 Å². The Morgan fingerprint density at radius 1 is 1.07 bits per heavy atom. The largest absolute Gasteiger partial charge is 0.0753 e. The van der Waals surface area contributed by atoms with Gasteiger partial charge in [0.25, 0.3) is 0 Å². The molecule has 2 radical (unpaired) electrons. The smallest absolute Gasteiger partial charge is 0.0629 e. The Balaban J connectivity index is 2.68. The predicted octanol–water partition coefficient (Wildman–Crippen LogP) is 4.60. The van der Waals surface area contributed by atoms with Gasteiger partial charge in [0.15, 0.2) is 0 Å². The normalized spacial score (nSPS) is 39.5. The van der Waals surface area contributed by atoms with Crippen LogP contribution in [0.5, 0.6) is 0 Å². The van der Waals surface area contributed by atoms with Crippen LogP contribution >= 0.6 is 0 Å². The van der Waals surface area contributed by atoms with Crippen molar-refractivity contribution in [2.45, 2.75) is 71.5 Å². The fourth-order valence-corrected chi connectivity index (χ4v) is 3.05. The molecule has 3 unspecified atom stereocenters. The fraction of sp³-hybridized carbons (Fsp3) is 1.00. The van der Waals surface area contributed by atoms with Crippen LogP contribution in [0.3, 0.4) is 0 Å². The minimum Gasteiger partial charge on any atom is -0.0629 e. The third kappa shape index (κ3) is 3.26. The molecule has 1 saturated carbocycles. The van der Waals surface area contributed by atoms with E-state index in [-0.39, 0.29) is 5.31 Å². The van der Waals surface area contributed by atoms with Gasteiger partial charge in [-0.2, -0.15) is 0 Å². The van der Waals surface area contributed by atoms with Crippen molar-refractivity contribution in [3.63, 3.8) is 0 Å². The minimum atomic E-state index is 0.0874. The summed E-state index contributed by atoms with van der Waals surface area (Å²) in [5.41, 5.74) is 0. The van der Waals surface area contributed by atoms with Gasteiger partial charge in [-0.15, -0.1) is 0 Å². The lowest BCUT2D eigenvalue weighted by Crippen LogP contribution is -2.27. The van der Waals surface area contributed by atoms with Gasteiger partial charge in [-0.1, -0.05) is 71.5 Å². The first-order chi connectivity index (χ1) is 6.97. The first kappa shape index (κ1) is 13.1. The molecule has 0 nitrogen and oxygen atoms in total. The Kier molecular flexibility index (Phi) is 4.74. The van der Waals surface area contributed by atoms with Gasteiger partial charge in [-0.05, 0) is 17.8 Å². The molecule has 0 spiro atoms. The van der Waals surface area contributed by atoms with E-state index in [2.05, 4.69) is 27.7 Å². The van der Waals surface area contributed by atoms with Crippen LogP contribution < -0.4 is 0 Å². The molecule has 3 atom stereocenters. The quantitative estimate of drug-likeness (QED) is 0.550. The average Bonchev–Trinajstić information content (AvgIpc) is 2.21. The number of hydrogen-bond donors (Lipinski definition) is 0. The summed E-state index contributed by atoms with van der Waals surface area (Å²) in [5.74, 6) is 2.20. The van der Waals surface area contributed by atoms with Crippen molar-refractivity contribution in [1.29, 1.82) is 0 Å². The maximum atomic E-state index is 6.63. The van der Waals surface area contributed by atoms with Crippen LogP contribution in [-0.2, 0) is 0 Å². The molecule has 0 amide bonds. The molecule has 0 N–H and O–H groups in total. The van der Waals surface area contributed by atoms with Crippen molar-refractivity contribution in [3.8, 4) is 0 Å². The molecule has 0 aromatic heterocycles. The predicted molar refractivity (Wildman–Crippen MR) is 69.3 cm³/mol. The van der Waals surface area contributed by atoms with Crippen molar-refractivity contribution in [2.24, 2.45) is 17.8 Å². The SMILES string of the molecule is [B]C1(C(C)C)CCCC(C)CCCC1C. The Morgan fingerprint density at radius 2 is 1.67 bits per heavy atom. The van der Waals surface area contributed by atoms with Crippen molar-refractivity contribution in [1.82, 2.24) is 0 Å². The number of rotatable bonds is 1. The van der Waals surface area contributed by atoms with E-state index in [1.807, 2.05) is 0 Å². The van der Waals surface area contributed by atoms with E-state index in [1.54, 1.807) is 0 Å². The Labute approximate surface area is 97.6 Å². The summed E-state index contributed by atoms with van der Waals surface area (Å²) in [6.45, 7) is 9.33. The van der Waals surface area contributed by atoms with Crippen LogP contribution in [0, 0.1) is 17.8 Å². The molecule has 15 heavy (non-hydrogen) atoms. The van der Waals surface area contributed by atoms with Crippen LogP contribution in [0.4, 0.5) is 0 Å². The molecule has 0 aromatic carbocycles. The second-order valence-corrected chi connectivity index (χ2v) is 6.10.